The van der Waals surface area contributed by atoms with Crippen molar-refractivity contribution in [1.29, 1.82) is 0 Å². The molecule has 0 bridgehead atoms. The van der Waals surface area contributed by atoms with E-state index in [-0.39, 0.29) is 5.95 Å². The predicted octanol–water partition coefficient (Wildman–Crippen LogP) is 1.45. The number of halogens is 3. The first-order chi connectivity index (χ1) is 13.5. The fourth-order valence-corrected chi connectivity index (χ4v) is 3.23. The molecule has 2 aliphatic heterocycles. The highest BCUT2D eigenvalue weighted by molar-refractivity contribution is 5.45. The Bertz CT molecular complexity index is 805. The fourth-order valence-electron chi connectivity index (χ4n) is 3.23. The highest BCUT2D eigenvalue weighted by atomic mass is 19.4. The summed E-state index contributed by atoms with van der Waals surface area (Å²) in [6.07, 6.45) is -1.60. The van der Waals surface area contributed by atoms with Gasteiger partial charge < -0.3 is 19.4 Å². The van der Waals surface area contributed by atoms with Crippen LogP contribution in [0.1, 0.15) is 5.69 Å². The molecule has 11 heteroatoms. The second-order valence-electron chi connectivity index (χ2n) is 6.53. The number of morpholine rings is 1. The van der Waals surface area contributed by atoms with Crippen molar-refractivity contribution >= 4 is 17.7 Å². The van der Waals surface area contributed by atoms with Gasteiger partial charge >= 0.3 is 6.18 Å². The van der Waals surface area contributed by atoms with Crippen molar-refractivity contribution in [3.8, 4) is 0 Å². The molecule has 0 unspecified atom stereocenters. The summed E-state index contributed by atoms with van der Waals surface area (Å²) in [5.74, 6) is 1.57. The number of aromatic nitrogens is 4. The molecule has 0 atom stereocenters. The lowest BCUT2D eigenvalue weighted by Crippen LogP contribution is -2.48. The predicted molar refractivity (Wildman–Crippen MR) is 96.5 cm³/mol. The molecule has 2 aliphatic rings. The van der Waals surface area contributed by atoms with Crippen molar-refractivity contribution in [2.45, 2.75) is 6.18 Å². The van der Waals surface area contributed by atoms with E-state index >= 15 is 0 Å². The van der Waals surface area contributed by atoms with Gasteiger partial charge in [0, 0.05) is 51.7 Å². The standard InChI is InChI=1S/C17H20F3N7O/c18-17(19,20)13-1-3-21-15(23-13)26-5-7-27(8-6-26)16-22-4-2-14(24-16)25-9-11-28-12-10-25/h1-4H,5-12H2. The number of ether oxygens (including phenoxy) is 1. The molecular formula is C17H20F3N7O. The van der Waals surface area contributed by atoms with Gasteiger partial charge in [-0.1, -0.05) is 0 Å². The van der Waals surface area contributed by atoms with Crippen LogP contribution in [0.3, 0.4) is 0 Å². The van der Waals surface area contributed by atoms with Gasteiger partial charge in [-0.3, -0.25) is 0 Å². The van der Waals surface area contributed by atoms with Gasteiger partial charge in [-0.05, 0) is 12.1 Å². The zero-order chi connectivity index (χ0) is 19.6. The molecular weight excluding hydrogens is 375 g/mol. The van der Waals surface area contributed by atoms with Crippen molar-refractivity contribution in [1.82, 2.24) is 19.9 Å². The molecule has 2 aromatic heterocycles. The van der Waals surface area contributed by atoms with Crippen LogP contribution in [0.4, 0.5) is 30.9 Å². The van der Waals surface area contributed by atoms with Crippen molar-refractivity contribution in [3.63, 3.8) is 0 Å². The zero-order valence-electron chi connectivity index (χ0n) is 15.1. The van der Waals surface area contributed by atoms with E-state index in [9.17, 15) is 13.2 Å². The number of alkyl halides is 3. The minimum atomic E-state index is -4.48. The average Bonchev–Trinajstić information content (AvgIpc) is 2.74. The minimum absolute atomic E-state index is 0.0949. The SMILES string of the molecule is FC(F)(F)c1ccnc(N2CCN(c3nccc(N4CCOCC4)n3)CC2)n1. The lowest BCUT2D eigenvalue weighted by atomic mass is 10.3. The van der Waals surface area contributed by atoms with E-state index in [1.165, 1.54) is 0 Å². The first-order valence-electron chi connectivity index (χ1n) is 9.06. The van der Waals surface area contributed by atoms with Gasteiger partial charge in [0.1, 0.15) is 11.5 Å². The summed E-state index contributed by atoms with van der Waals surface area (Å²) in [6.45, 7) is 5.06. The third-order valence-corrected chi connectivity index (χ3v) is 4.74. The molecule has 0 amide bonds. The molecule has 28 heavy (non-hydrogen) atoms. The Kier molecular flexibility index (Phi) is 5.16. The Labute approximate surface area is 160 Å². The lowest BCUT2D eigenvalue weighted by Gasteiger charge is -2.35. The Morgan fingerprint density at radius 1 is 0.750 bits per heavy atom. The summed E-state index contributed by atoms with van der Waals surface area (Å²) in [5.41, 5.74) is -0.929. The van der Waals surface area contributed by atoms with Gasteiger partial charge in [-0.15, -0.1) is 0 Å². The summed E-state index contributed by atoms with van der Waals surface area (Å²) in [7, 11) is 0. The van der Waals surface area contributed by atoms with Crippen LogP contribution in [0.2, 0.25) is 0 Å². The van der Waals surface area contributed by atoms with Crippen LogP contribution >= 0.6 is 0 Å². The summed E-state index contributed by atoms with van der Waals surface area (Å²) in [6, 6.07) is 2.76. The molecule has 4 heterocycles. The number of hydrogen-bond acceptors (Lipinski definition) is 8. The number of anilines is 3. The number of rotatable bonds is 3. The monoisotopic (exact) mass is 395 g/mol. The van der Waals surface area contributed by atoms with Gasteiger partial charge in [0.2, 0.25) is 11.9 Å². The smallest absolute Gasteiger partial charge is 0.378 e. The first kappa shape index (κ1) is 18.7. The molecule has 8 nitrogen and oxygen atoms in total. The van der Waals surface area contributed by atoms with Gasteiger partial charge in [0.05, 0.1) is 13.2 Å². The van der Waals surface area contributed by atoms with Crippen LogP contribution in [-0.4, -0.2) is 72.4 Å². The quantitative estimate of drug-likeness (QED) is 0.774. The van der Waals surface area contributed by atoms with E-state index in [4.69, 9.17) is 4.74 Å². The van der Waals surface area contributed by atoms with Gasteiger partial charge in [-0.2, -0.15) is 18.2 Å². The Morgan fingerprint density at radius 2 is 1.32 bits per heavy atom. The molecule has 0 aromatic carbocycles. The molecule has 2 fully saturated rings. The number of piperazine rings is 1. The third kappa shape index (κ3) is 4.08. The van der Waals surface area contributed by atoms with Crippen LogP contribution in [0.15, 0.2) is 24.5 Å². The van der Waals surface area contributed by atoms with Crippen LogP contribution in [0, 0.1) is 0 Å². The molecule has 150 valence electrons. The van der Waals surface area contributed by atoms with Crippen molar-refractivity contribution in [2.75, 3.05) is 67.2 Å². The molecule has 0 saturated carbocycles. The Hall–Kier alpha value is -2.69. The van der Waals surface area contributed by atoms with E-state index in [0.717, 1.165) is 31.2 Å². The summed E-state index contributed by atoms with van der Waals surface area (Å²) >= 11 is 0. The molecule has 2 aromatic rings. The summed E-state index contributed by atoms with van der Waals surface area (Å²) in [5, 5.41) is 0. The van der Waals surface area contributed by atoms with Crippen molar-refractivity contribution in [2.24, 2.45) is 0 Å². The molecule has 0 aliphatic carbocycles. The molecule has 2 saturated heterocycles. The first-order valence-corrected chi connectivity index (χ1v) is 9.06. The van der Waals surface area contributed by atoms with E-state index in [2.05, 4.69) is 24.8 Å². The Balaban J connectivity index is 1.42. The van der Waals surface area contributed by atoms with Crippen molar-refractivity contribution < 1.29 is 17.9 Å². The Morgan fingerprint density at radius 3 is 1.93 bits per heavy atom. The maximum absolute atomic E-state index is 12.9. The largest absolute Gasteiger partial charge is 0.433 e. The number of nitrogens with zero attached hydrogens (tertiary/aromatic N) is 7. The van der Waals surface area contributed by atoms with E-state index < -0.39 is 11.9 Å². The van der Waals surface area contributed by atoms with Gasteiger partial charge in [0.25, 0.3) is 0 Å². The molecule has 0 N–H and O–H groups in total. The second kappa shape index (κ2) is 7.74. The third-order valence-electron chi connectivity index (χ3n) is 4.74. The van der Waals surface area contributed by atoms with E-state index in [1.807, 2.05) is 11.0 Å². The summed E-state index contributed by atoms with van der Waals surface area (Å²) < 4.78 is 44.0. The highest BCUT2D eigenvalue weighted by Gasteiger charge is 2.33. The second-order valence-corrected chi connectivity index (χ2v) is 6.53. The van der Waals surface area contributed by atoms with Crippen LogP contribution < -0.4 is 14.7 Å². The lowest BCUT2D eigenvalue weighted by molar-refractivity contribution is -0.141. The van der Waals surface area contributed by atoms with Crippen LogP contribution in [0.5, 0.6) is 0 Å². The fraction of sp³-hybridized carbons (Fsp3) is 0.529. The topological polar surface area (TPSA) is 70.5 Å². The molecule has 0 radical (unpaired) electrons. The summed E-state index contributed by atoms with van der Waals surface area (Å²) in [4.78, 5) is 22.6. The highest BCUT2D eigenvalue weighted by Crippen LogP contribution is 2.28. The zero-order valence-corrected chi connectivity index (χ0v) is 15.1. The maximum Gasteiger partial charge on any atom is 0.433 e. The van der Waals surface area contributed by atoms with Crippen LogP contribution in [0.25, 0.3) is 0 Å². The average molecular weight is 395 g/mol. The maximum atomic E-state index is 12.9. The number of hydrogen-bond donors (Lipinski definition) is 0. The van der Waals surface area contributed by atoms with Crippen molar-refractivity contribution in [3.05, 3.63) is 30.2 Å². The van der Waals surface area contributed by atoms with Gasteiger partial charge in [-0.25, -0.2) is 15.0 Å². The van der Waals surface area contributed by atoms with Gasteiger partial charge in [0.15, 0.2) is 0 Å². The van der Waals surface area contributed by atoms with Crippen LogP contribution in [-0.2, 0) is 10.9 Å². The van der Waals surface area contributed by atoms with E-state index in [1.54, 1.807) is 11.1 Å². The normalized spacial score (nSPS) is 18.5. The minimum Gasteiger partial charge on any atom is -0.378 e. The molecule has 0 spiro atoms. The molecule has 4 rings (SSSR count). The van der Waals surface area contributed by atoms with E-state index in [0.29, 0.717) is 45.3 Å².